The van der Waals surface area contributed by atoms with Crippen LogP contribution in [0.3, 0.4) is 0 Å². The zero-order valence-electron chi connectivity index (χ0n) is 11.8. The minimum atomic E-state index is -0.898. The molecule has 0 bridgehead atoms. The van der Waals surface area contributed by atoms with Crippen molar-refractivity contribution in [2.24, 2.45) is 0 Å². The molecule has 1 aliphatic rings. The number of hydrogen-bond acceptors (Lipinski definition) is 3. The van der Waals surface area contributed by atoms with Crippen molar-refractivity contribution in [1.29, 1.82) is 0 Å². The first-order valence-corrected chi connectivity index (χ1v) is 7.18. The predicted molar refractivity (Wildman–Crippen MR) is 81.9 cm³/mol. The zero-order valence-corrected chi connectivity index (χ0v) is 11.8. The van der Waals surface area contributed by atoms with E-state index in [1.54, 1.807) is 6.20 Å². The SMILES string of the molecule is O=C(O)N1CCOC(c2ccc3[nH]c4ncccc4c3c2)C1. The predicted octanol–water partition coefficient (Wildman–Crippen LogP) is 2.77. The van der Waals surface area contributed by atoms with Crippen LogP contribution in [-0.4, -0.2) is 45.8 Å². The van der Waals surface area contributed by atoms with E-state index in [2.05, 4.69) is 16.0 Å². The number of fused-ring (bicyclic) bond motifs is 3. The van der Waals surface area contributed by atoms with Gasteiger partial charge in [0.05, 0.1) is 13.2 Å². The molecule has 1 atom stereocenters. The third-order valence-corrected chi connectivity index (χ3v) is 4.10. The van der Waals surface area contributed by atoms with E-state index in [1.165, 1.54) is 4.90 Å². The van der Waals surface area contributed by atoms with Gasteiger partial charge < -0.3 is 19.7 Å². The highest BCUT2D eigenvalue weighted by atomic mass is 16.5. The van der Waals surface area contributed by atoms with Gasteiger partial charge in [0.2, 0.25) is 0 Å². The molecule has 112 valence electrons. The van der Waals surface area contributed by atoms with E-state index in [0.29, 0.717) is 19.7 Å². The molecule has 22 heavy (non-hydrogen) atoms. The zero-order chi connectivity index (χ0) is 15.1. The van der Waals surface area contributed by atoms with Gasteiger partial charge in [-0.25, -0.2) is 9.78 Å². The average molecular weight is 297 g/mol. The Morgan fingerprint density at radius 3 is 3.14 bits per heavy atom. The second-order valence-corrected chi connectivity index (χ2v) is 5.42. The highest BCUT2D eigenvalue weighted by Crippen LogP contribution is 2.29. The fourth-order valence-electron chi connectivity index (χ4n) is 2.97. The highest BCUT2D eigenvalue weighted by Gasteiger charge is 2.25. The minimum absolute atomic E-state index is 0.226. The first kappa shape index (κ1) is 13.1. The third-order valence-electron chi connectivity index (χ3n) is 4.10. The molecule has 4 rings (SSSR count). The van der Waals surface area contributed by atoms with Crippen LogP contribution in [0.25, 0.3) is 21.9 Å². The maximum absolute atomic E-state index is 11.1. The Morgan fingerprint density at radius 2 is 2.27 bits per heavy atom. The number of carbonyl (C=O) groups is 1. The van der Waals surface area contributed by atoms with Crippen LogP contribution >= 0.6 is 0 Å². The van der Waals surface area contributed by atoms with E-state index in [4.69, 9.17) is 9.84 Å². The lowest BCUT2D eigenvalue weighted by Gasteiger charge is -2.31. The quantitative estimate of drug-likeness (QED) is 0.724. The molecule has 2 N–H and O–H groups in total. The van der Waals surface area contributed by atoms with Crippen molar-refractivity contribution in [1.82, 2.24) is 14.9 Å². The molecule has 0 aliphatic carbocycles. The van der Waals surface area contributed by atoms with Crippen LogP contribution in [0.15, 0.2) is 36.5 Å². The van der Waals surface area contributed by atoms with Crippen LogP contribution < -0.4 is 0 Å². The van der Waals surface area contributed by atoms with Crippen molar-refractivity contribution in [3.63, 3.8) is 0 Å². The van der Waals surface area contributed by atoms with Crippen molar-refractivity contribution in [3.8, 4) is 0 Å². The van der Waals surface area contributed by atoms with Crippen molar-refractivity contribution < 1.29 is 14.6 Å². The molecule has 0 spiro atoms. The van der Waals surface area contributed by atoms with Gasteiger partial charge in [-0.15, -0.1) is 0 Å². The normalized spacial score (nSPS) is 18.9. The second kappa shape index (κ2) is 4.99. The molecule has 2 aromatic heterocycles. The van der Waals surface area contributed by atoms with Crippen molar-refractivity contribution >= 4 is 28.0 Å². The van der Waals surface area contributed by atoms with Gasteiger partial charge >= 0.3 is 6.09 Å². The Labute approximate surface area is 126 Å². The van der Waals surface area contributed by atoms with Gasteiger partial charge in [0.1, 0.15) is 11.8 Å². The molecule has 1 fully saturated rings. The summed E-state index contributed by atoms with van der Waals surface area (Å²) in [6.45, 7) is 1.21. The molecule has 0 radical (unpaired) electrons. The number of nitrogens with zero attached hydrogens (tertiary/aromatic N) is 2. The lowest BCUT2D eigenvalue weighted by atomic mass is 10.0. The van der Waals surface area contributed by atoms with E-state index in [1.807, 2.05) is 24.3 Å². The van der Waals surface area contributed by atoms with E-state index in [0.717, 1.165) is 27.5 Å². The van der Waals surface area contributed by atoms with Gasteiger partial charge in [0.25, 0.3) is 0 Å². The minimum Gasteiger partial charge on any atom is -0.465 e. The lowest BCUT2D eigenvalue weighted by Crippen LogP contribution is -2.41. The Kier molecular flexibility index (Phi) is 2.97. The molecular weight excluding hydrogens is 282 g/mol. The van der Waals surface area contributed by atoms with Gasteiger partial charge in [-0.2, -0.15) is 0 Å². The number of aromatic nitrogens is 2. The van der Waals surface area contributed by atoms with Gasteiger partial charge in [-0.05, 0) is 29.8 Å². The first-order valence-electron chi connectivity index (χ1n) is 7.18. The molecule has 1 unspecified atom stereocenters. The van der Waals surface area contributed by atoms with Crippen LogP contribution in [0.1, 0.15) is 11.7 Å². The number of carboxylic acid groups (broad SMARTS) is 1. The summed E-state index contributed by atoms with van der Waals surface area (Å²) in [4.78, 5) is 20.1. The van der Waals surface area contributed by atoms with Crippen molar-refractivity contribution in [3.05, 3.63) is 42.1 Å². The molecule has 6 nitrogen and oxygen atoms in total. The molecule has 1 aromatic carbocycles. The summed E-state index contributed by atoms with van der Waals surface area (Å²) in [7, 11) is 0. The van der Waals surface area contributed by atoms with Crippen LogP contribution in [-0.2, 0) is 4.74 Å². The van der Waals surface area contributed by atoms with E-state index in [-0.39, 0.29) is 6.10 Å². The molecule has 1 aliphatic heterocycles. The molecule has 3 aromatic rings. The number of amides is 1. The maximum atomic E-state index is 11.1. The largest absolute Gasteiger partial charge is 0.465 e. The van der Waals surface area contributed by atoms with Gasteiger partial charge in [0.15, 0.2) is 0 Å². The number of morpholine rings is 1. The molecule has 1 saturated heterocycles. The summed E-state index contributed by atoms with van der Waals surface area (Å²) in [5.74, 6) is 0. The van der Waals surface area contributed by atoms with E-state index in [9.17, 15) is 4.79 Å². The lowest BCUT2D eigenvalue weighted by molar-refractivity contribution is -0.0231. The van der Waals surface area contributed by atoms with Crippen LogP contribution in [0.4, 0.5) is 4.79 Å². The summed E-state index contributed by atoms with van der Waals surface area (Å²) >= 11 is 0. The van der Waals surface area contributed by atoms with Gasteiger partial charge in [-0.3, -0.25) is 0 Å². The number of benzene rings is 1. The number of nitrogens with one attached hydrogen (secondary N) is 1. The van der Waals surface area contributed by atoms with E-state index < -0.39 is 6.09 Å². The van der Waals surface area contributed by atoms with Crippen molar-refractivity contribution in [2.45, 2.75) is 6.10 Å². The Balaban J connectivity index is 1.75. The first-order chi connectivity index (χ1) is 10.7. The van der Waals surface area contributed by atoms with Crippen LogP contribution in [0, 0.1) is 0 Å². The summed E-state index contributed by atoms with van der Waals surface area (Å²) < 4.78 is 5.75. The van der Waals surface area contributed by atoms with E-state index >= 15 is 0 Å². The maximum Gasteiger partial charge on any atom is 0.407 e. The Bertz CT molecular complexity index is 858. The van der Waals surface area contributed by atoms with Crippen LogP contribution in [0.5, 0.6) is 0 Å². The smallest absolute Gasteiger partial charge is 0.407 e. The Morgan fingerprint density at radius 1 is 1.36 bits per heavy atom. The second-order valence-electron chi connectivity index (χ2n) is 5.42. The monoisotopic (exact) mass is 297 g/mol. The summed E-state index contributed by atoms with van der Waals surface area (Å²) in [5, 5.41) is 11.3. The van der Waals surface area contributed by atoms with Gasteiger partial charge in [0, 0.05) is 29.0 Å². The highest BCUT2D eigenvalue weighted by molar-refractivity contribution is 6.05. The number of H-pyrrole nitrogens is 1. The average Bonchev–Trinajstić information content (AvgIpc) is 2.92. The molecular formula is C16H15N3O3. The number of hydrogen-bond donors (Lipinski definition) is 2. The number of pyridine rings is 1. The fourth-order valence-corrected chi connectivity index (χ4v) is 2.97. The molecule has 3 heterocycles. The van der Waals surface area contributed by atoms with Crippen LogP contribution in [0.2, 0.25) is 0 Å². The molecule has 1 amide bonds. The standard InChI is InChI=1S/C16H15N3O3/c20-16(21)19-6-7-22-14(9-19)10-3-4-13-12(8-10)11-2-1-5-17-15(11)18-13/h1-5,8,14H,6-7,9H2,(H,17,18)(H,20,21). The fraction of sp³-hybridized carbons (Fsp3) is 0.250. The summed E-state index contributed by atoms with van der Waals surface area (Å²) in [6, 6.07) is 9.97. The number of ether oxygens (including phenoxy) is 1. The molecule has 6 heteroatoms. The Hall–Kier alpha value is -2.60. The topological polar surface area (TPSA) is 78.5 Å². The molecule has 0 saturated carbocycles. The van der Waals surface area contributed by atoms with Crippen molar-refractivity contribution in [2.75, 3.05) is 19.7 Å². The summed E-state index contributed by atoms with van der Waals surface area (Å²) in [5.41, 5.74) is 2.86. The third kappa shape index (κ3) is 2.08. The van der Waals surface area contributed by atoms with Gasteiger partial charge in [-0.1, -0.05) is 6.07 Å². The number of rotatable bonds is 1. The summed E-state index contributed by atoms with van der Waals surface area (Å²) in [6.07, 6.45) is 0.634. The number of aromatic amines is 1.